The van der Waals surface area contributed by atoms with Gasteiger partial charge in [-0.15, -0.1) is 13.2 Å². The van der Waals surface area contributed by atoms with Gasteiger partial charge in [0.05, 0.1) is 18.8 Å². The summed E-state index contributed by atoms with van der Waals surface area (Å²) in [6, 6.07) is 1.65. The molecule has 0 saturated carbocycles. The third-order valence-electron chi connectivity index (χ3n) is 3.31. The average Bonchev–Trinajstić information content (AvgIpc) is 2.45. The third-order valence-corrected chi connectivity index (χ3v) is 5.36. The maximum Gasteiger partial charge on any atom is 0.573 e. The van der Waals surface area contributed by atoms with Crippen LogP contribution in [-0.4, -0.2) is 56.0 Å². The van der Waals surface area contributed by atoms with Crippen molar-refractivity contribution >= 4 is 16.0 Å². The second kappa shape index (κ2) is 6.57. The molecule has 0 radical (unpaired) electrons. The van der Waals surface area contributed by atoms with E-state index < -0.39 is 44.6 Å². The van der Waals surface area contributed by atoms with Gasteiger partial charge in [-0.25, -0.2) is 13.2 Å². The number of aromatic carboxylic acids is 1. The zero-order chi connectivity index (χ0) is 18.1. The highest BCUT2D eigenvalue weighted by atomic mass is 32.2. The van der Waals surface area contributed by atoms with Crippen molar-refractivity contribution in [1.82, 2.24) is 4.31 Å². The maximum atomic E-state index is 12.7. The molecule has 0 aromatic heterocycles. The molecule has 0 unspecified atom stereocenters. The number of carboxylic acids is 1. The van der Waals surface area contributed by atoms with E-state index in [9.17, 15) is 26.4 Å². The lowest BCUT2D eigenvalue weighted by atomic mass is 10.2. The smallest absolute Gasteiger partial charge is 0.478 e. The van der Waals surface area contributed by atoms with E-state index in [1.807, 2.05) is 0 Å². The van der Waals surface area contributed by atoms with Gasteiger partial charge in [-0.05, 0) is 25.1 Å². The summed E-state index contributed by atoms with van der Waals surface area (Å²) < 4.78 is 72.9. The molecule has 2 rings (SSSR count). The molecule has 1 fully saturated rings. The molecule has 0 amide bonds. The molecule has 0 aliphatic carbocycles. The first-order valence-corrected chi connectivity index (χ1v) is 8.19. The molecular weight excluding hydrogens is 355 g/mol. The number of morpholine rings is 1. The Labute approximate surface area is 135 Å². The van der Waals surface area contributed by atoms with Crippen molar-refractivity contribution in [3.8, 4) is 5.75 Å². The van der Waals surface area contributed by atoms with E-state index >= 15 is 0 Å². The van der Waals surface area contributed by atoms with Crippen LogP contribution < -0.4 is 4.74 Å². The summed E-state index contributed by atoms with van der Waals surface area (Å²) in [5.74, 6) is -2.59. The van der Waals surface area contributed by atoms with Gasteiger partial charge in [0.1, 0.15) is 10.6 Å². The van der Waals surface area contributed by atoms with Crippen LogP contribution in [0.2, 0.25) is 0 Å². The van der Waals surface area contributed by atoms with Gasteiger partial charge in [0.25, 0.3) is 0 Å². The Balaban J connectivity index is 2.53. The number of sulfonamides is 1. The number of carboxylic acid groups (broad SMARTS) is 1. The fourth-order valence-electron chi connectivity index (χ4n) is 2.25. The number of nitrogens with zero attached hydrogens (tertiary/aromatic N) is 1. The number of hydrogen-bond acceptors (Lipinski definition) is 5. The second-order valence-electron chi connectivity index (χ2n) is 5.05. The van der Waals surface area contributed by atoms with Crippen LogP contribution in [-0.2, 0) is 14.8 Å². The predicted octanol–water partition coefficient (Wildman–Crippen LogP) is 1.69. The molecule has 24 heavy (non-hydrogen) atoms. The number of benzene rings is 1. The summed E-state index contributed by atoms with van der Waals surface area (Å²) in [7, 11) is -4.32. The molecule has 0 spiro atoms. The summed E-state index contributed by atoms with van der Waals surface area (Å²) in [5, 5.41) is 8.88. The van der Waals surface area contributed by atoms with Crippen LogP contribution >= 0.6 is 0 Å². The Morgan fingerprint density at radius 2 is 2.08 bits per heavy atom. The van der Waals surface area contributed by atoms with Gasteiger partial charge >= 0.3 is 12.3 Å². The molecule has 11 heteroatoms. The Morgan fingerprint density at radius 1 is 1.42 bits per heavy atom. The van der Waals surface area contributed by atoms with E-state index in [0.29, 0.717) is 6.07 Å². The van der Waals surface area contributed by atoms with E-state index in [1.165, 1.54) is 0 Å². The van der Waals surface area contributed by atoms with Gasteiger partial charge in [0, 0.05) is 12.6 Å². The summed E-state index contributed by atoms with van der Waals surface area (Å²) in [6.45, 7) is 1.72. The first-order valence-electron chi connectivity index (χ1n) is 6.75. The minimum atomic E-state index is -5.17. The average molecular weight is 369 g/mol. The summed E-state index contributed by atoms with van der Waals surface area (Å²) in [4.78, 5) is 10.2. The lowest BCUT2D eigenvalue weighted by Crippen LogP contribution is -2.47. The van der Waals surface area contributed by atoms with Crippen molar-refractivity contribution in [2.24, 2.45) is 0 Å². The third kappa shape index (κ3) is 3.97. The zero-order valence-corrected chi connectivity index (χ0v) is 13.2. The van der Waals surface area contributed by atoms with Crippen LogP contribution in [0.1, 0.15) is 17.3 Å². The minimum absolute atomic E-state index is 0.0321. The quantitative estimate of drug-likeness (QED) is 0.868. The summed E-state index contributed by atoms with van der Waals surface area (Å²) in [5.41, 5.74) is -0.525. The van der Waals surface area contributed by atoms with Crippen molar-refractivity contribution in [2.45, 2.75) is 24.2 Å². The zero-order valence-electron chi connectivity index (χ0n) is 12.4. The van der Waals surface area contributed by atoms with Gasteiger partial charge in [-0.1, -0.05) is 0 Å². The molecule has 7 nitrogen and oxygen atoms in total. The number of alkyl halides is 3. The van der Waals surface area contributed by atoms with E-state index in [4.69, 9.17) is 9.84 Å². The molecule has 1 aromatic carbocycles. The van der Waals surface area contributed by atoms with Crippen LogP contribution in [0, 0.1) is 0 Å². The van der Waals surface area contributed by atoms with Crippen LogP contribution in [0.4, 0.5) is 13.2 Å². The molecule has 0 bridgehead atoms. The Bertz CT molecular complexity index is 734. The lowest BCUT2D eigenvalue weighted by Gasteiger charge is -2.32. The van der Waals surface area contributed by atoms with Gasteiger partial charge in [-0.3, -0.25) is 0 Å². The lowest BCUT2D eigenvalue weighted by molar-refractivity contribution is -0.275. The van der Waals surface area contributed by atoms with Crippen molar-refractivity contribution in [3.05, 3.63) is 23.8 Å². The Kier molecular flexibility index (Phi) is 5.06. The molecular formula is C13H14F3NO6S. The van der Waals surface area contributed by atoms with Crippen molar-refractivity contribution in [3.63, 3.8) is 0 Å². The summed E-state index contributed by atoms with van der Waals surface area (Å²) in [6.07, 6.45) is -5.17. The molecule has 1 aromatic rings. The topological polar surface area (TPSA) is 93.1 Å². The standard InChI is InChI=1S/C13H14F3NO6S/c1-8-7-22-5-4-17(8)24(20,21)11-3-2-9(12(18)19)6-10(11)23-13(14,15)16/h2-3,6,8H,4-5,7H2,1H3,(H,18,19)/t8-/m0/s1. The molecule has 1 atom stereocenters. The van der Waals surface area contributed by atoms with Crippen LogP contribution in [0.5, 0.6) is 5.75 Å². The first-order chi connectivity index (χ1) is 11.0. The predicted molar refractivity (Wildman–Crippen MR) is 74.3 cm³/mol. The first kappa shape index (κ1) is 18.5. The van der Waals surface area contributed by atoms with E-state index in [-0.39, 0.29) is 19.8 Å². The Hall–Kier alpha value is -1.85. The monoisotopic (exact) mass is 369 g/mol. The molecule has 1 N–H and O–H groups in total. The molecule has 134 valence electrons. The number of carbonyl (C=O) groups is 1. The van der Waals surface area contributed by atoms with Crippen LogP contribution in [0.3, 0.4) is 0 Å². The number of ether oxygens (including phenoxy) is 2. The van der Waals surface area contributed by atoms with Gasteiger partial charge < -0.3 is 14.6 Å². The molecule has 1 aliphatic heterocycles. The van der Waals surface area contributed by atoms with Crippen LogP contribution in [0.25, 0.3) is 0 Å². The fourth-order valence-corrected chi connectivity index (χ4v) is 3.95. The van der Waals surface area contributed by atoms with Crippen molar-refractivity contribution < 1.29 is 41.0 Å². The SMILES string of the molecule is C[C@H]1COCCN1S(=O)(=O)c1ccc(C(=O)O)cc1OC(F)(F)F. The van der Waals surface area contributed by atoms with Crippen molar-refractivity contribution in [2.75, 3.05) is 19.8 Å². The number of hydrogen-bond donors (Lipinski definition) is 1. The molecule has 1 heterocycles. The van der Waals surface area contributed by atoms with E-state index in [2.05, 4.69) is 4.74 Å². The highest BCUT2D eigenvalue weighted by Gasteiger charge is 2.38. The minimum Gasteiger partial charge on any atom is -0.478 e. The normalized spacial score (nSPS) is 19.9. The van der Waals surface area contributed by atoms with Gasteiger partial charge in [-0.2, -0.15) is 4.31 Å². The number of rotatable bonds is 4. The second-order valence-corrected chi connectivity index (χ2v) is 6.91. The molecule has 1 saturated heterocycles. The maximum absolute atomic E-state index is 12.7. The summed E-state index contributed by atoms with van der Waals surface area (Å²) >= 11 is 0. The van der Waals surface area contributed by atoms with E-state index in [0.717, 1.165) is 16.4 Å². The fraction of sp³-hybridized carbons (Fsp3) is 0.462. The largest absolute Gasteiger partial charge is 0.573 e. The Morgan fingerprint density at radius 3 is 2.62 bits per heavy atom. The van der Waals surface area contributed by atoms with Crippen molar-refractivity contribution in [1.29, 1.82) is 0 Å². The van der Waals surface area contributed by atoms with E-state index in [1.54, 1.807) is 6.92 Å². The highest BCUT2D eigenvalue weighted by Crippen LogP contribution is 2.33. The molecule has 1 aliphatic rings. The highest BCUT2D eigenvalue weighted by molar-refractivity contribution is 7.89. The van der Waals surface area contributed by atoms with Gasteiger partial charge in [0.15, 0.2) is 0 Å². The number of halogens is 3. The van der Waals surface area contributed by atoms with Gasteiger partial charge in [0.2, 0.25) is 10.0 Å². The van der Waals surface area contributed by atoms with Crippen LogP contribution in [0.15, 0.2) is 23.1 Å².